The number of hydrogen-bond donors (Lipinski definition) is 0. The van der Waals surface area contributed by atoms with Crippen LogP contribution in [0.25, 0.3) is 21.6 Å². The van der Waals surface area contributed by atoms with Crippen molar-refractivity contribution < 1.29 is 9.53 Å². The van der Waals surface area contributed by atoms with Crippen LogP contribution in [0.1, 0.15) is 36.1 Å². The fourth-order valence-corrected chi connectivity index (χ4v) is 6.88. The van der Waals surface area contributed by atoms with Crippen LogP contribution in [0.4, 0.5) is 0 Å². The quantitative estimate of drug-likeness (QED) is 0.449. The van der Waals surface area contributed by atoms with E-state index in [0.717, 1.165) is 27.4 Å². The summed E-state index contributed by atoms with van der Waals surface area (Å²) in [5.74, 6) is 1.58. The van der Waals surface area contributed by atoms with Gasteiger partial charge in [-0.15, -0.1) is 21.5 Å². The van der Waals surface area contributed by atoms with Crippen LogP contribution in [-0.2, 0) is 16.0 Å². The molecule has 9 nitrogen and oxygen atoms in total. The highest BCUT2D eigenvalue weighted by Gasteiger charge is 2.28. The van der Waals surface area contributed by atoms with Crippen molar-refractivity contribution in [3.05, 3.63) is 16.8 Å². The first-order chi connectivity index (χ1) is 14.7. The number of hydrogen-bond acceptors (Lipinski definition) is 8. The van der Waals surface area contributed by atoms with Gasteiger partial charge in [-0.1, -0.05) is 18.7 Å². The number of aryl methyl sites for hydroxylation is 1. The van der Waals surface area contributed by atoms with Gasteiger partial charge in [0.25, 0.3) is 5.78 Å². The zero-order valence-corrected chi connectivity index (χ0v) is 18.2. The first-order valence-electron chi connectivity index (χ1n) is 10.2. The van der Waals surface area contributed by atoms with Gasteiger partial charge in [-0.25, -0.2) is 9.38 Å². The van der Waals surface area contributed by atoms with Gasteiger partial charge < -0.3 is 9.64 Å². The van der Waals surface area contributed by atoms with Crippen molar-refractivity contribution in [2.75, 3.05) is 32.1 Å². The number of thiophene rings is 1. The van der Waals surface area contributed by atoms with E-state index in [1.165, 1.54) is 35.0 Å². The Bertz CT molecular complexity index is 1270. The van der Waals surface area contributed by atoms with Gasteiger partial charge in [0.1, 0.15) is 11.2 Å². The summed E-state index contributed by atoms with van der Waals surface area (Å²) in [6, 6.07) is 0. The maximum absolute atomic E-state index is 12.6. The smallest absolute Gasteiger partial charge is 0.260 e. The van der Waals surface area contributed by atoms with Crippen LogP contribution in [0.15, 0.2) is 11.5 Å². The van der Waals surface area contributed by atoms with E-state index in [4.69, 9.17) is 4.74 Å². The standard InChI is InChI=1S/C19H21N7O2S2/c1-11-3-2-4-12-14(11)15-16-20-10-21-26(16)18-22-23-19(25(18)17(15)30-12)29-9-13(27)24-5-7-28-8-6-24/h10-11H,2-9H2,1H3. The van der Waals surface area contributed by atoms with Crippen molar-refractivity contribution in [1.29, 1.82) is 0 Å². The molecule has 4 aromatic heterocycles. The molecule has 1 aliphatic carbocycles. The third-order valence-corrected chi connectivity index (χ3v) is 8.17. The lowest BCUT2D eigenvalue weighted by molar-refractivity contribution is -0.132. The highest BCUT2D eigenvalue weighted by atomic mass is 32.2. The predicted octanol–water partition coefficient (Wildman–Crippen LogP) is 2.38. The van der Waals surface area contributed by atoms with Crippen LogP contribution < -0.4 is 0 Å². The number of fused-ring (bicyclic) bond motifs is 8. The molecule has 0 radical (unpaired) electrons. The van der Waals surface area contributed by atoms with Crippen molar-refractivity contribution in [2.24, 2.45) is 0 Å². The van der Waals surface area contributed by atoms with Crippen molar-refractivity contribution in [3.63, 3.8) is 0 Å². The number of carbonyl (C=O) groups excluding carboxylic acids is 1. The fraction of sp³-hybridized carbons (Fsp3) is 0.526. The second kappa shape index (κ2) is 7.17. The van der Waals surface area contributed by atoms with E-state index >= 15 is 0 Å². The largest absolute Gasteiger partial charge is 0.378 e. The number of nitrogens with zero attached hydrogens (tertiary/aromatic N) is 7. The normalized spacial score (nSPS) is 19.8. The average Bonchev–Trinajstić information content (AvgIpc) is 3.48. The van der Waals surface area contributed by atoms with Gasteiger partial charge in [0, 0.05) is 18.0 Å². The van der Waals surface area contributed by atoms with Gasteiger partial charge in [0.2, 0.25) is 5.91 Å². The molecular weight excluding hydrogens is 422 g/mol. The number of aromatic nitrogens is 6. The predicted molar refractivity (Wildman–Crippen MR) is 114 cm³/mol. The number of thioether (sulfide) groups is 1. The summed E-state index contributed by atoms with van der Waals surface area (Å²) in [5.41, 5.74) is 2.24. The van der Waals surface area contributed by atoms with E-state index in [2.05, 4.69) is 31.6 Å². The summed E-state index contributed by atoms with van der Waals surface area (Å²) in [6.45, 7) is 4.81. The Morgan fingerprint density at radius 3 is 3.07 bits per heavy atom. The lowest BCUT2D eigenvalue weighted by Crippen LogP contribution is -2.41. The topological polar surface area (TPSA) is 89.9 Å². The van der Waals surface area contributed by atoms with Crippen LogP contribution in [0.3, 0.4) is 0 Å². The van der Waals surface area contributed by atoms with Crippen LogP contribution in [0.2, 0.25) is 0 Å². The summed E-state index contributed by atoms with van der Waals surface area (Å²) in [6.07, 6.45) is 5.08. The van der Waals surface area contributed by atoms with Gasteiger partial charge in [-0.3, -0.25) is 4.79 Å². The summed E-state index contributed by atoms with van der Waals surface area (Å²) in [4.78, 5) is 21.6. The maximum Gasteiger partial charge on any atom is 0.260 e. The molecule has 0 N–H and O–H groups in total. The Balaban J connectivity index is 1.46. The van der Waals surface area contributed by atoms with Gasteiger partial charge >= 0.3 is 0 Å². The molecule has 2 aliphatic rings. The van der Waals surface area contributed by atoms with Crippen LogP contribution in [0, 0.1) is 0 Å². The maximum atomic E-state index is 12.6. The Kier molecular flexibility index (Phi) is 4.43. The molecule has 0 spiro atoms. The molecule has 1 amide bonds. The molecule has 30 heavy (non-hydrogen) atoms. The third kappa shape index (κ3) is 2.75. The molecule has 1 saturated heterocycles. The molecule has 6 rings (SSSR count). The molecule has 0 bridgehead atoms. The third-order valence-electron chi connectivity index (χ3n) is 6.01. The minimum absolute atomic E-state index is 0.109. The van der Waals surface area contributed by atoms with Crippen LogP contribution >= 0.6 is 23.1 Å². The minimum Gasteiger partial charge on any atom is -0.378 e. The Hall–Kier alpha value is -2.24. The van der Waals surface area contributed by atoms with Gasteiger partial charge in [0.05, 0.1) is 24.4 Å². The van der Waals surface area contributed by atoms with Crippen molar-refractivity contribution >= 4 is 50.6 Å². The summed E-state index contributed by atoms with van der Waals surface area (Å²) >= 11 is 3.24. The monoisotopic (exact) mass is 443 g/mol. The molecule has 1 fully saturated rings. The Labute approximate surface area is 180 Å². The first kappa shape index (κ1) is 18.5. The molecule has 156 valence electrons. The Morgan fingerprint density at radius 1 is 1.33 bits per heavy atom. The highest BCUT2D eigenvalue weighted by Crippen LogP contribution is 2.44. The lowest BCUT2D eigenvalue weighted by Gasteiger charge is -2.26. The Morgan fingerprint density at radius 2 is 2.20 bits per heavy atom. The zero-order chi connectivity index (χ0) is 20.2. The molecule has 1 unspecified atom stereocenters. The van der Waals surface area contributed by atoms with Gasteiger partial charge in [-0.05, 0) is 30.7 Å². The molecule has 1 aliphatic heterocycles. The number of ether oxygens (including phenoxy) is 1. The van der Waals surface area contributed by atoms with E-state index in [0.29, 0.717) is 43.8 Å². The summed E-state index contributed by atoms with van der Waals surface area (Å²) in [5, 5.41) is 15.1. The molecule has 0 aromatic carbocycles. The van der Waals surface area contributed by atoms with Gasteiger partial charge in [-0.2, -0.15) is 9.61 Å². The van der Waals surface area contributed by atoms with E-state index < -0.39 is 0 Å². The summed E-state index contributed by atoms with van der Waals surface area (Å²) < 4.78 is 9.18. The first-order valence-corrected chi connectivity index (χ1v) is 12.0. The lowest BCUT2D eigenvalue weighted by atomic mass is 9.87. The highest BCUT2D eigenvalue weighted by molar-refractivity contribution is 7.99. The molecule has 4 aromatic rings. The van der Waals surface area contributed by atoms with Crippen LogP contribution in [0.5, 0.6) is 0 Å². The second-order valence-corrected chi connectivity index (χ2v) is 9.83. The van der Waals surface area contributed by atoms with Crippen molar-refractivity contribution in [2.45, 2.75) is 37.3 Å². The fourth-order valence-electron chi connectivity index (χ4n) is 4.53. The van der Waals surface area contributed by atoms with Crippen molar-refractivity contribution in [1.82, 2.24) is 34.1 Å². The second-order valence-electron chi connectivity index (χ2n) is 7.81. The minimum atomic E-state index is 0.109. The molecular formula is C19H21N7O2S2. The number of carbonyl (C=O) groups is 1. The molecule has 5 heterocycles. The number of amides is 1. The number of rotatable bonds is 3. The van der Waals surface area contributed by atoms with E-state index in [1.54, 1.807) is 10.8 Å². The molecule has 11 heteroatoms. The van der Waals surface area contributed by atoms with Gasteiger partial charge in [0.15, 0.2) is 10.8 Å². The molecule has 0 saturated carbocycles. The van der Waals surface area contributed by atoms with E-state index in [9.17, 15) is 4.79 Å². The van der Waals surface area contributed by atoms with E-state index in [1.807, 2.05) is 16.2 Å². The average molecular weight is 444 g/mol. The van der Waals surface area contributed by atoms with E-state index in [-0.39, 0.29) is 5.91 Å². The number of morpholine rings is 1. The van der Waals surface area contributed by atoms with Crippen LogP contribution in [-0.4, -0.2) is 72.1 Å². The summed E-state index contributed by atoms with van der Waals surface area (Å²) in [7, 11) is 0. The zero-order valence-electron chi connectivity index (χ0n) is 16.6. The van der Waals surface area contributed by atoms with Crippen molar-refractivity contribution in [3.8, 4) is 0 Å². The molecule has 1 atom stereocenters. The SMILES string of the molecule is CC1CCCc2sc3c(c21)c1ncnn1c1nnc(SCC(=O)N2CCOCC2)n31.